The number of benzene rings is 2. The lowest BCUT2D eigenvalue weighted by Crippen LogP contribution is -2.46. The number of rotatable bonds is 11. The van der Waals surface area contributed by atoms with Crippen LogP contribution in [0, 0.1) is 12.7 Å². The third-order valence-electron chi connectivity index (χ3n) is 6.69. The van der Waals surface area contributed by atoms with E-state index in [1.807, 2.05) is 26.0 Å². The van der Waals surface area contributed by atoms with E-state index >= 15 is 4.39 Å². The zero-order chi connectivity index (χ0) is 31.5. The van der Waals surface area contributed by atoms with E-state index in [4.69, 9.17) is 14.2 Å². The number of aromatic nitrogens is 5. The number of anilines is 1. The van der Waals surface area contributed by atoms with E-state index in [2.05, 4.69) is 24.9 Å². The zero-order valence-electron chi connectivity index (χ0n) is 24.7. The molecule has 5 aromatic rings. The van der Waals surface area contributed by atoms with E-state index < -0.39 is 30.2 Å². The second-order valence-electron chi connectivity index (χ2n) is 10.2. The number of fused-ring (bicyclic) bond motifs is 2. The first-order valence-electron chi connectivity index (χ1n) is 13.9. The van der Waals surface area contributed by atoms with Gasteiger partial charge in [0.25, 0.3) is 0 Å². The Morgan fingerprint density at radius 3 is 2.45 bits per heavy atom. The number of nitrogens with zero attached hydrogens (tertiary/aromatic N) is 6. The summed E-state index contributed by atoms with van der Waals surface area (Å²) in [6.07, 6.45) is 1.41. The molecule has 0 aliphatic rings. The number of ether oxygens (including phenoxy) is 3. The average Bonchev–Trinajstić information content (AvgIpc) is 3.38. The van der Waals surface area contributed by atoms with Crippen LogP contribution in [0.3, 0.4) is 0 Å². The van der Waals surface area contributed by atoms with Crippen LogP contribution in [-0.2, 0) is 0 Å². The Balaban J connectivity index is 1.39. The number of carboxylic acid groups (broad SMARTS) is 1. The van der Waals surface area contributed by atoms with Crippen LogP contribution in [0.2, 0.25) is 0 Å². The minimum absolute atomic E-state index is 0.00259. The van der Waals surface area contributed by atoms with Crippen molar-refractivity contribution in [2.75, 3.05) is 18.1 Å². The van der Waals surface area contributed by atoms with Gasteiger partial charge in [-0.2, -0.15) is 0 Å². The average molecular weight is 623 g/mol. The van der Waals surface area contributed by atoms with Crippen molar-refractivity contribution in [1.82, 2.24) is 24.9 Å². The number of hydrogen-bond acceptors (Lipinski definition) is 11. The molecule has 12 nitrogen and oxygen atoms in total. The highest BCUT2D eigenvalue weighted by Crippen LogP contribution is 2.37. The fraction of sp³-hybridized carbons (Fsp3) is 0.333. The second kappa shape index (κ2) is 12.9. The van der Waals surface area contributed by atoms with Gasteiger partial charge in [0.15, 0.2) is 11.6 Å². The highest BCUT2D eigenvalue weighted by molar-refractivity contribution is 7.21. The number of carbonyl (C=O) groups is 1. The van der Waals surface area contributed by atoms with E-state index in [1.54, 1.807) is 33.0 Å². The van der Waals surface area contributed by atoms with Crippen LogP contribution >= 0.6 is 11.3 Å². The number of amides is 1. The standard InChI is InChI=1S/C30H31FN6O6S/c1-6-41-26-13-32-27-20(7-15(2)8-23(27)35-26)28-36-22-9-21(31)24(10-25(22)44-28)43-18(5)17(4)37(30(39)40)19-11-33-29(34-12-19)42-14-16(3)38/h7-13,16-18,38H,6,14H2,1-5H3,(H,39,40)/t16-,17+,18-/m0/s1. The lowest BCUT2D eigenvalue weighted by molar-refractivity contribution is 0.116. The normalized spacial score (nSPS) is 13.4. The third-order valence-corrected chi connectivity index (χ3v) is 7.74. The molecule has 14 heteroatoms. The Morgan fingerprint density at radius 1 is 1.02 bits per heavy atom. The molecule has 0 spiro atoms. The van der Waals surface area contributed by atoms with Crippen molar-refractivity contribution in [3.63, 3.8) is 0 Å². The number of thiazole rings is 1. The molecule has 3 aromatic heterocycles. The first kappa shape index (κ1) is 30.8. The molecular weight excluding hydrogens is 591 g/mol. The summed E-state index contributed by atoms with van der Waals surface area (Å²) in [4.78, 5) is 35.1. The predicted molar refractivity (Wildman–Crippen MR) is 163 cm³/mol. The molecule has 0 unspecified atom stereocenters. The summed E-state index contributed by atoms with van der Waals surface area (Å²) in [5.74, 6) is -0.236. The summed E-state index contributed by atoms with van der Waals surface area (Å²) in [5.41, 5.74) is 3.67. The molecule has 44 heavy (non-hydrogen) atoms. The Bertz CT molecular complexity index is 1800. The first-order chi connectivity index (χ1) is 21.0. The van der Waals surface area contributed by atoms with Gasteiger partial charge in [0.1, 0.15) is 17.7 Å². The quantitative estimate of drug-likeness (QED) is 0.188. The fourth-order valence-electron chi connectivity index (χ4n) is 4.50. The van der Waals surface area contributed by atoms with Crippen molar-refractivity contribution in [2.24, 2.45) is 0 Å². The van der Waals surface area contributed by atoms with E-state index in [9.17, 15) is 15.0 Å². The van der Waals surface area contributed by atoms with E-state index in [0.29, 0.717) is 38.7 Å². The van der Waals surface area contributed by atoms with Gasteiger partial charge >= 0.3 is 12.1 Å². The minimum Gasteiger partial charge on any atom is -0.485 e. The summed E-state index contributed by atoms with van der Waals surface area (Å²) in [5, 5.41) is 20.0. The SMILES string of the molecule is CCOc1cnc2c(-c3nc4cc(F)c(O[C@@H](C)[C@@H](C)N(C(=O)O)c5cnc(OC[C@H](C)O)nc5)cc4s3)cc(C)cc2n1. The van der Waals surface area contributed by atoms with Gasteiger partial charge in [-0.1, -0.05) is 0 Å². The summed E-state index contributed by atoms with van der Waals surface area (Å²) >= 11 is 1.36. The Hall–Kier alpha value is -4.69. The lowest BCUT2D eigenvalue weighted by Gasteiger charge is -2.30. The molecule has 5 rings (SSSR count). The molecule has 0 fully saturated rings. The smallest absolute Gasteiger partial charge is 0.412 e. The molecular formula is C30H31FN6O6S. The summed E-state index contributed by atoms with van der Waals surface area (Å²) in [6, 6.07) is 5.98. The van der Waals surface area contributed by atoms with Crippen LogP contribution in [0.25, 0.3) is 31.8 Å². The number of aryl methyl sites for hydroxylation is 1. The van der Waals surface area contributed by atoms with Gasteiger partial charge in [-0.25, -0.2) is 34.1 Å². The van der Waals surface area contributed by atoms with Gasteiger partial charge in [0, 0.05) is 17.7 Å². The van der Waals surface area contributed by atoms with Crippen molar-refractivity contribution in [2.45, 2.75) is 52.9 Å². The number of aliphatic hydroxyl groups excluding tert-OH is 1. The summed E-state index contributed by atoms with van der Waals surface area (Å²) < 4.78 is 32.7. The Labute approximate surface area is 256 Å². The highest BCUT2D eigenvalue weighted by Gasteiger charge is 2.29. The molecule has 2 N–H and O–H groups in total. The van der Waals surface area contributed by atoms with Gasteiger partial charge in [-0.15, -0.1) is 11.3 Å². The maximum Gasteiger partial charge on any atom is 0.412 e. The molecule has 2 aromatic carbocycles. The summed E-state index contributed by atoms with van der Waals surface area (Å²) in [6.45, 7) is 9.13. The second-order valence-corrected chi connectivity index (χ2v) is 11.2. The van der Waals surface area contributed by atoms with Crippen LogP contribution < -0.4 is 19.1 Å². The Morgan fingerprint density at radius 2 is 1.77 bits per heavy atom. The minimum atomic E-state index is -1.26. The molecule has 0 aliphatic carbocycles. The molecule has 0 bridgehead atoms. The third kappa shape index (κ3) is 6.60. The molecule has 0 radical (unpaired) electrons. The van der Waals surface area contributed by atoms with Crippen LogP contribution in [0.4, 0.5) is 14.9 Å². The van der Waals surface area contributed by atoms with Crippen molar-refractivity contribution in [3.8, 4) is 28.2 Å². The van der Waals surface area contributed by atoms with Crippen LogP contribution in [0.5, 0.6) is 17.6 Å². The number of hydrogen-bond donors (Lipinski definition) is 2. The van der Waals surface area contributed by atoms with Crippen LogP contribution in [-0.4, -0.2) is 72.7 Å². The number of aliphatic hydroxyl groups is 1. The summed E-state index contributed by atoms with van der Waals surface area (Å²) in [7, 11) is 0. The maximum absolute atomic E-state index is 15.3. The molecule has 230 valence electrons. The highest BCUT2D eigenvalue weighted by atomic mass is 32.1. The van der Waals surface area contributed by atoms with Crippen LogP contribution in [0.15, 0.2) is 42.9 Å². The van der Waals surface area contributed by atoms with Gasteiger partial charge in [-0.3, -0.25) is 4.90 Å². The predicted octanol–water partition coefficient (Wildman–Crippen LogP) is 5.64. The first-order valence-corrected chi connectivity index (χ1v) is 14.7. The fourth-order valence-corrected chi connectivity index (χ4v) is 5.49. The molecule has 0 saturated heterocycles. The molecule has 0 aliphatic heterocycles. The Kier molecular flexibility index (Phi) is 9.01. The molecule has 3 heterocycles. The number of halogens is 1. The van der Waals surface area contributed by atoms with Crippen LogP contribution in [0.1, 0.15) is 33.3 Å². The zero-order valence-corrected chi connectivity index (χ0v) is 25.5. The topological polar surface area (TPSA) is 153 Å². The van der Waals surface area contributed by atoms with Gasteiger partial charge in [0.2, 0.25) is 5.88 Å². The van der Waals surface area contributed by atoms with Crippen molar-refractivity contribution >= 4 is 44.4 Å². The maximum atomic E-state index is 15.3. The van der Waals surface area contributed by atoms with E-state index in [0.717, 1.165) is 16.0 Å². The van der Waals surface area contributed by atoms with Gasteiger partial charge < -0.3 is 24.4 Å². The molecule has 1 amide bonds. The largest absolute Gasteiger partial charge is 0.485 e. The van der Waals surface area contributed by atoms with Gasteiger partial charge in [0.05, 0.1) is 64.3 Å². The van der Waals surface area contributed by atoms with Crippen molar-refractivity contribution in [3.05, 3.63) is 54.2 Å². The van der Waals surface area contributed by atoms with Gasteiger partial charge in [-0.05, 0) is 52.3 Å². The van der Waals surface area contributed by atoms with E-state index in [-0.39, 0.29) is 24.1 Å². The molecule has 3 atom stereocenters. The monoisotopic (exact) mass is 622 g/mol. The van der Waals surface area contributed by atoms with Crippen molar-refractivity contribution < 1.29 is 33.6 Å². The van der Waals surface area contributed by atoms with E-state index in [1.165, 1.54) is 29.8 Å². The lowest BCUT2D eigenvalue weighted by atomic mass is 10.1. The van der Waals surface area contributed by atoms with Crippen molar-refractivity contribution in [1.29, 1.82) is 0 Å². The molecule has 0 saturated carbocycles.